The highest BCUT2D eigenvalue weighted by atomic mass is 127. The molecule has 0 saturated carbocycles. The largest absolute Gasteiger partial charge is 0.395 e. The van der Waals surface area contributed by atoms with Gasteiger partial charge in [0.15, 0.2) is 5.78 Å². The van der Waals surface area contributed by atoms with Crippen LogP contribution >= 0.6 is 45.2 Å². The molecule has 0 radical (unpaired) electrons. The minimum Gasteiger partial charge on any atom is -0.362 e. The van der Waals surface area contributed by atoms with Crippen molar-refractivity contribution in [3.05, 3.63) is 30.9 Å². The van der Waals surface area contributed by atoms with Gasteiger partial charge in [-0.15, -0.1) is 0 Å². The van der Waals surface area contributed by atoms with Gasteiger partial charge in [-0.1, -0.05) is 13.8 Å². The fourth-order valence-corrected chi connectivity index (χ4v) is 3.54. The molecule has 10 heteroatoms. The molecule has 0 aromatic heterocycles. The van der Waals surface area contributed by atoms with Crippen LogP contribution in [0.4, 0.5) is 8.78 Å². The van der Waals surface area contributed by atoms with E-state index in [0.717, 1.165) is 3.57 Å². The zero-order valence-electron chi connectivity index (χ0n) is 12.1. The van der Waals surface area contributed by atoms with Gasteiger partial charge in [-0.3, -0.25) is 9.35 Å². The van der Waals surface area contributed by atoms with Gasteiger partial charge in [0.05, 0.1) is 0 Å². The van der Waals surface area contributed by atoms with E-state index in [0.29, 0.717) is 9.13 Å². The predicted molar refractivity (Wildman–Crippen MR) is 97.3 cm³/mol. The summed E-state index contributed by atoms with van der Waals surface area (Å²) in [5, 5.41) is -4.50. The Bertz CT molecular complexity index is 692. The van der Waals surface area contributed by atoms with Gasteiger partial charge in [0.2, 0.25) is 0 Å². The van der Waals surface area contributed by atoms with Gasteiger partial charge in [-0.25, -0.2) is 0 Å². The molecule has 0 aliphatic carbocycles. The third kappa shape index (κ3) is 5.28. The van der Waals surface area contributed by atoms with Crippen molar-refractivity contribution in [3.8, 4) is 0 Å². The lowest BCUT2D eigenvalue weighted by atomic mass is 10.1. The smallest absolute Gasteiger partial charge is 0.362 e. The fourth-order valence-electron chi connectivity index (χ4n) is 1.78. The molecule has 1 atom stereocenters. The summed E-state index contributed by atoms with van der Waals surface area (Å²) in [5.74, 6) is -1.49. The average molecular weight is 574 g/mol. The molecular weight excluding hydrogens is 560 g/mol. The molecule has 0 amide bonds. The molecule has 1 unspecified atom stereocenters. The first kappa shape index (κ1) is 21.1. The van der Waals surface area contributed by atoms with Crippen LogP contribution in [0.15, 0.2) is 18.2 Å². The Morgan fingerprint density at radius 3 is 2.39 bits per heavy atom. The Hall–Kier alpha value is 0.0800. The van der Waals surface area contributed by atoms with Crippen molar-refractivity contribution in [1.29, 1.82) is 0 Å². The summed E-state index contributed by atoms with van der Waals surface area (Å²) >= 11 is 3.93. The Morgan fingerprint density at radius 1 is 1.35 bits per heavy atom. The minimum absolute atomic E-state index is 0.301. The zero-order valence-corrected chi connectivity index (χ0v) is 17.2. The first-order chi connectivity index (χ1) is 10.4. The normalized spacial score (nSPS) is 14.1. The van der Waals surface area contributed by atoms with E-state index in [9.17, 15) is 22.0 Å². The van der Waals surface area contributed by atoms with Gasteiger partial charge in [-0.2, -0.15) is 17.2 Å². The molecule has 0 aliphatic rings. The Kier molecular flexibility index (Phi) is 7.32. The van der Waals surface area contributed by atoms with Crippen molar-refractivity contribution >= 4 is 61.1 Å². The van der Waals surface area contributed by atoms with Gasteiger partial charge >= 0.3 is 15.4 Å². The maximum Gasteiger partial charge on any atom is 0.395 e. The van der Waals surface area contributed by atoms with Crippen LogP contribution in [0.5, 0.6) is 0 Å². The molecule has 0 saturated heterocycles. The lowest BCUT2D eigenvalue weighted by Crippen LogP contribution is -2.46. The second-order valence-electron chi connectivity index (χ2n) is 5.06. The number of carbonyl (C=O) groups is 1. The third-order valence-electron chi connectivity index (χ3n) is 2.90. The van der Waals surface area contributed by atoms with Gasteiger partial charge in [-0.05, 0) is 69.3 Å². The van der Waals surface area contributed by atoms with E-state index < -0.39 is 39.8 Å². The molecule has 0 heterocycles. The predicted octanol–water partition coefficient (Wildman–Crippen LogP) is 3.60. The number of hydrogen-bond acceptors (Lipinski definition) is 4. The molecule has 1 aromatic carbocycles. The number of halogens is 4. The van der Waals surface area contributed by atoms with Crippen LogP contribution < -0.4 is 0 Å². The van der Waals surface area contributed by atoms with Crippen molar-refractivity contribution in [1.82, 2.24) is 0 Å². The summed E-state index contributed by atoms with van der Waals surface area (Å²) in [6.07, 6.45) is -2.14. The Balaban J connectivity index is 2.96. The Morgan fingerprint density at radius 2 is 1.91 bits per heavy atom. The lowest BCUT2D eigenvalue weighted by Gasteiger charge is -2.27. The third-order valence-corrected chi connectivity index (χ3v) is 5.44. The van der Waals surface area contributed by atoms with Crippen LogP contribution in [0.25, 0.3) is 0 Å². The van der Waals surface area contributed by atoms with Crippen LogP contribution in [-0.2, 0) is 14.9 Å². The van der Waals surface area contributed by atoms with Crippen molar-refractivity contribution in [3.63, 3.8) is 0 Å². The molecule has 1 aromatic rings. The van der Waals surface area contributed by atoms with Crippen LogP contribution in [0.2, 0.25) is 0 Å². The molecule has 1 rings (SSSR count). The molecule has 0 aliphatic heterocycles. The number of ether oxygens (including phenoxy) is 1. The van der Waals surface area contributed by atoms with Crippen LogP contribution in [0.3, 0.4) is 0 Å². The van der Waals surface area contributed by atoms with Crippen LogP contribution in [0.1, 0.15) is 24.2 Å². The summed E-state index contributed by atoms with van der Waals surface area (Å²) in [7, 11) is -5.65. The van der Waals surface area contributed by atoms with Crippen LogP contribution in [0, 0.1) is 13.1 Å². The molecular formula is C13H14F2I2O5S. The highest BCUT2D eigenvalue weighted by Crippen LogP contribution is 2.32. The van der Waals surface area contributed by atoms with E-state index in [-0.39, 0.29) is 0 Å². The highest BCUT2D eigenvalue weighted by Gasteiger charge is 2.54. The minimum atomic E-state index is -5.65. The number of hydrogen-bond donors (Lipinski definition) is 1. The molecule has 0 bridgehead atoms. The van der Waals surface area contributed by atoms with Crippen molar-refractivity contribution in [2.75, 3.05) is 6.61 Å². The summed E-state index contributed by atoms with van der Waals surface area (Å²) in [5.41, 5.74) is 0.301. The lowest BCUT2D eigenvalue weighted by molar-refractivity contribution is -0.101. The van der Waals surface area contributed by atoms with Crippen molar-refractivity contribution < 1.29 is 31.3 Å². The van der Waals surface area contributed by atoms with Gasteiger partial charge < -0.3 is 4.74 Å². The van der Waals surface area contributed by atoms with Gasteiger partial charge in [0.25, 0.3) is 0 Å². The first-order valence-corrected chi connectivity index (χ1v) is 9.92. The monoisotopic (exact) mass is 574 g/mol. The second-order valence-corrected chi connectivity index (χ2v) is 8.96. The average Bonchev–Trinajstić information content (AvgIpc) is 2.39. The van der Waals surface area contributed by atoms with E-state index in [4.69, 9.17) is 9.29 Å². The molecule has 5 nitrogen and oxygen atoms in total. The topological polar surface area (TPSA) is 80.7 Å². The molecule has 130 valence electrons. The number of benzene rings is 1. The quantitative estimate of drug-likeness (QED) is 0.306. The van der Waals surface area contributed by atoms with E-state index in [1.54, 1.807) is 18.2 Å². The zero-order chi connectivity index (χ0) is 18.0. The maximum absolute atomic E-state index is 13.8. The van der Waals surface area contributed by atoms with Gasteiger partial charge in [0, 0.05) is 12.7 Å². The number of ketones is 1. The number of alkyl halides is 2. The summed E-state index contributed by atoms with van der Waals surface area (Å²) < 4.78 is 64.2. The van der Waals surface area contributed by atoms with Crippen molar-refractivity contribution in [2.24, 2.45) is 5.92 Å². The molecule has 1 N–H and O–H groups in total. The highest BCUT2D eigenvalue weighted by molar-refractivity contribution is 14.1. The standard InChI is InChI=1S/C13H14F2I2O5S/c1-7(2)12(13(14,15)23(19,20)21)22-6-11(18)9-5-8(16)3-4-10(9)17/h3-5,7,12H,6H2,1-2H3,(H,19,20,21). The van der Waals surface area contributed by atoms with E-state index in [2.05, 4.69) is 0 Å². The van der Waals surface area contributed by atoms with Crippen molar-refractivity contribution in [2.45, 2.75) is 25.2 Å². The molecule has 23 heavy (non-hydrogen) atoms. The summed E-state index contributed by atoms with van der Waals surface area (Å²) in [4.78, 5) is 12.1. The van der Waals surface area contributed by atoms with Crippen LogP contribution in [-0.4, -0.2) is 36.7 Å². The fraction of sp³-hybridized carbons (Fsp3) is 0.462. The maximum atomic E-state index is 13.8. The van der Waals surface area contributed by atoms with Gasteiger partial charge in [0.1, 0.15) is 12.7 Å². The number of rotatable bonds is 7. The SMILES string of the molecule is CC(C)C(OCC(=O)c1cc(I)ccc1I)C(F)(F)S(=O)(=O)O. The second kappa shape index (κ2) is 7.97. The first-order valence-electron chi connectivity index (χ1n) is 6.32. The Labute approximate surface area is 160 Å². The van der Waals surface area contributed by atoms with E-state index in [1.165, 1.54) is 13.8 Å². The molecule has 0 fully saturated rings. The summed E-state index contributed by atoms with van der Waals surface area (Å²) in [6, 6.07) is 5.06. The number of Topliss-reactive ketones (excluding diaryl/α,β-unsaturated/α-hetero) is 1. The number of carbonyl (C=O) groups excluding carboxylic acids is 1. The van der Waals surface area contributed by atoms with E-state index in [1.807, 2.05) is 45.2 Å². The van der Waals surface area contributed by atoms with E-state index >= 15 is 0 Å². The summed E-state index contributed by atoms with van der Waals surface area (Å²) in [6.45, 7) is 1.90. The molecule has 0 spiro atoms.